The van der Waals surface area contributed by atoms with Gasteiger partial charge >= 0.3 is 6.03 Å². The van der Waals surface area contributed by atoms with Crippen LogP contribution in [0.15, 0.2) is 40.6 Å². The Morgan fingerprint density at radius 1 is 0.935 bits per heavy atom. The lowest BCUT2D eigenvalue weighted by atomic mass is 10.1. The number of nitrogens with zero attached hydrogens (tertiary/aromatic N) is 1. The van der Waals surface area contributed by atoms with Crippen LogP contribution in [-0.4, -0.2) is 47.3 Å². The molecule has 0 saturated heterocycles. The van der Waals surface area contributed by atoms with Crippen molar-refractivity contribution in [3.8, 4) is 0 Å². The summed E-state index contributed by atoms with van der Waals surface area (Å²) in [5.74, 6) is -0.105. The van der Waals surface area contributed by atoms with Crippen LogP contribution in [0.5, 0.6) is 0 Å². The number of rotatable bonds is 10. The molecule has 0 bridgehead atoms. The maximum absolute atomic E-state index is 12.1. The molecular formula is C19H28N4O5S3. The number of hydrogen-bond donors (Lipinski definition) is 3. The Kier molecular flexibility index (Phi) is 8.60. The number of amides is 2. The Morgan fingerprint density at radius 2 is 1.52 bits per heavy atom. The van der Waals surface area contributed by atoms with E-state index in [1.807, 2.05) is 0 Å². The van der Waals surface area contributed by atoms with Gasteiger partial charge in [0, 0.05) is 31.6 Å². The van der Waals surface area contributed by atoms with Gasteiger partial charge in [0.15, 0.2) is 0 Å². The van der Waals surface area contributed by atoms with Crippen LogP contribution < -0.4 is 15.4 Å². The zero-order valence-corrected chi connectivity index (χ0v) is 20.3. The number of urea groups is 1. The number of carbonyl (C=O) groups is 1. The standard InChI is InChI=1S/C19H28N4O5S3/c1-14(2)22-30(25,26)13-16-7-5-15(6-8-16)11-20-19(24)21-12-17-9-10-18(29-17)31(27,28)23(3)4/h5-10,14,22H,11-13H2,1-4H3,(H2,20,21,24). The third kappa shape index (κ3) is 7.89. The first-order chi connectivity index (χ1) is 14.4. The van der Waals surface area contributed by atoms with Gasteiger partial charge in [-0.2, -0.15) is 0 Å². The Hall–Kier alpha value is -1.99. The number of hydrogen-bond acceptors (Lipinski definition) is 6. The topological polar surface area (TPSA) is 125 Å². The fraction of sp³-hybridized carbons (Fsp3) is 0.421. The molecule has 0 aliphatic rings. The second-order valence-corrected chi connectivity index (χ2v) is 12.7. The lowest BCUT2D eigenvalue weighted by Gasteiger charge is -2.10. The van der Waals surface area contributed by atoms with Crippen molar-refractivity contribution in [1.82, 2.24) is 19.7 Å². The Labute approximate surface area is 188 Å². The van der Waals surface area contributed by atoms with E-state index in [1.54, 1.807) is 44.2 Å². The normalized spacial score (nSPS) is 12.3. The van der Waals surface area contributed by atoms with Crippen molar-refractivity contribution < 1.29 is 21.6 Å². The largest absolute Gasteiger partial charge is 0.334 e. The van der Waals surface area contributed by atoms with Gasteiger partial charge in [-0.05, 0) is 37.1 Å². The fourth-order valence-electron chi connectivity index (χ4n) is 2.56. The van der Waals surface area contributed by atoms with Crippen molar-refractivity contribution >= 4 is 37.4 Å². The van der Waals surface area contributed by atoms with Crippen molar-refractivity contribution in [2.75, 3.05) is 14.1 Å². The molecule has 0 aliphatic heterocycles. The first-order valence-electron chi connectivity index (χ1n) is 9.50. The molecule has 1 aromatic carbocycles. The highest BCUT2D eigenvalue weighted by Crippen LogP contribution is 2.23. The maximum atomic E-state index is 12.1. The minimum Gasteiger partial charge on any atom is -0.334 e. The second-order valence-electron chi connectivity index (χ2n) is 7.39. The van der Waals surface area contributed by atoms with Crippen LogP contribution in [0.4, 0.5) is 4.79 Å². The Morgan fingerprint density at radius 3 is 2.10 bits per heavy atom. The molecule has 31 heavy (non-hydrogen) atoms. The molecule has 0 fully saturated rings. The summed E-state index contributed by atoms with van der Waals surface area (Å²) in [6.45, 7) is 4.01. The summed E-state index contributed by atoms with van der Waals surface area (Å²) >= 11 is 1.11. The van der Waals surface area contributed by atoms with Crippen LogP contribution in [0.2, 0.25) is 0 Å². The summed E-state index contributed by atoms with van der Waals surface area (Å²) in [5, 5.41) is 5.40. The van der Waals surface area contributed by atoms with Crippen LogP contribution in [0.25, 0.3) is 0 Å². The predicted molar refractivity (Wildman–Crippen MR) is 122 cm³/mol. The van der Waals surface area contributed by atoms with E-state index in [2.05, 4.69) is 15.4 Å². The number of carbonyl (C=O) groups excluding carboxylic acids is 1. The minimum absolute atomic E-state index is 0.105. The van der Waals surface area contributed by atoms with Crippen molar-refractivity contribution in [1.29, 1.82) is 0 Å². The van der Waals surface area contributed by atoms with E-state index < -0.39 is 26.1 Å². The van der Waals surface area contributed by atoms with E-state index in [0.29, 0.717) is 5.56 Å². The molecule has 12 heteroatoms. The van der Waals surface area contributed by atoms with Crippen molar-refractivity contribution in [2.45, 2.75) is 42.9 Å². The molecule has 9 nitrogen and oxygen atoms in total. The summed E-state index contributed by atoms with van der Waals surface area (Å²) in [6.07, 6.45) is 0. The van der Waals surface area contributed by atoms with Crippen LogP contribution in [0.1, 0.15) is 29.9 Å². The van der Waals surface area contributed by atoms with Crippen LogP contribution >= 0.6 is 11.3 Å². The zero-order valence-electron chi connectivity index (χ0n) is 17.9. The summed E-state index contributed by atoms with van der Waals surface area (Å²) in [5.41, 5.74) is 1.48. The minimum atomic E-state index is -3.48. The average Bonchev–Trinajstić information content (AvgIpc) is 3.14. The van der Waals surface area contributed by atoms with Gasteiger partial charge in [-0.15, -0.1) is 11.3 Å². The molecule has 2 amide bonds. The van der Waals surface area contributed by atoms with Gasteiger partial charge in [0.25, 0.3) is 10.0 Å². The zero-order chi connectivity index (χ0) is 23.2. The fourth-order valence-corrected chi connectivity index (χ4v) is 6.45. The van der Waals surface area contributed by atoms with Crippen molar-refractivity contribution in [2.24, 2.45) is 0 Å². The van der Waals surface area contributed by atoms with Gasteiger partial charge in [0.1, 0.15) is 4.21 Å². The van der Waals surface area contributed by atoms with Crippen LogP contribution in [0.3, 0.4) is 0 Å². The van der Waals surface area contributed by atoms with E-state index >= 15 is 0 Å². The van der Waals surface area contributed by atoms with Crippen molar-refractivity contribution in [3.63, 3.8) is 0 Å². The molecule has 3 N–H and O–H groups in total. The van der Waals surface area contributed by atoms with E-state index in [0.717, 1.165) is 26.1 Å². The SMILES string of the molecule is CC(C)NS(=O)(=O)Cc1ccc(CNC(=O)NCc2ccc(S(=O)(=O)N(C)C)s2)cc1. The highest BCUT2D eigenvalue weighted by molar-refractivity contribution is 7.91. The van der Waals surface area contributed by atoms with E-state index in [9.17, 15) is 21.6 Å². The lowest BCUT2D eigenvalue weighted by molar-refractivity contribution is 0.240. The predicted octanol–water partition coefficient (Wildman–Crippen LogP) is 1.83. The molecule has 0 unspecified atom stereocenters. The van der Waals surface area contributed by atoms with E-state index in [-0.39, 0.29) is 29.1 Å². The maximum Gasteiger partial charge on any atom is 0.315 e. The molecule has 2 rings (SSSR count). The van der Waals surface area contributed by atoms with Crippen LogP contribution in [0, 0.1) is 0 Å². The van der Waals surface area contributed by atoms with Crippen molar-refractivity contribution in [3.05, 3.63) is 52.4 Å². The van der Waals surface area contributed by atoms with Crippen LogP contribution in [-0.2, 0) is 38.9 Å². The molecule has 2 aromatic rings. The van der Waals surface area contributed by atoms with E-state index in [1.165, 1.54) is 20.2 Å². The molecule has 0 spiro atoms. The quantitative estimate of drug-likeness (QED) is 0.471. The highest BCUT2D eigenvalue weighted by atomic mass is 32.2. The molecule has 0 radical (unpaired) electrons. The van der Waals surface area contributed by atoms with Gasteiger partial charge in [-0.1, -0.05) is 24.3 Å². The Balaban J connectivity index is 1.82. The lowest BCUT2D eigenvalue weighted by Crippen LogP contribution is -2.34. The summed E-state index contributed by atoms with van der Waals surface area (Å²) in [4.78, 5) is 12.7. The first kappa shape index (κ1) is 25.3. The van der Waals surface area contributed by atoms with Gasteiger partial charge < -0.3 is 10.6 Å². The average molecular weight is 489 g/mol. The number of benzene rings is 1. The molecular weight excluding hydrogens is 460 g/mol. The third-order valence-electron chi connectivity index (χ3n) is 4.04. The summed E-state index contributed by atoms with van der Waals surface area (Å²) in [6, 6.07) is 9.59. The second kappa shape index (κ2) is 10.6. The monoisotopic (exact) mass is 488 g/mol. The number of sulfonamides is 2. The first-order valence-corrected chi connectivity index (χ1v) is 13.4. The van der Waals surface area contributed by atoms with E-state index in [4.69, 9.17) is 0 Å². The summed E-state index contributed by atoms with van der Waals surface area (Å²) in [7, 11) is -3.93. The molecule has 0 aliphatic carbocycles. The Bertz CT molecular complexity index is 1090. The molecule has 0 atom stereocenters. The van der Waals surface area contributed by atoms with Gasteiger partial charge in [-0.3, -0.25) is 0 Å². The van der Waals surface area contributed by atoms with Gasteiger partial charge in [0.2, 0.25) is 10.0 Å². The molecule has 0 saturated carbocycles. The number of thiophene rings is 1. The molecule has 1 aromatic heterocycles. The smallest absolute Gasteiger partial charge is 0.315 e. The number of nitrogens with one attached hydrogen (secondary N) is 3. The van der Waals surface area contributed by atoms with Gasteiger partial charge in [0.05, 0.1) is 12.3 Å². The van der Waals surface area contributed by atoms with Gasteiger partial charge in [-0.25, -0.2) is 30.7 Å². The third-order valence-corrected chi connectivity index (χ3v) is 8.95. The summed E-state index contributed by atoms with van der Waals surface area (Å²) < 4.78 is 52.0. The molecule has 1 heterocycles. The highest BCUT2D eigenvalue weighted by Gasteiger charge is 2.19. The molecule has 172 valence electrons.